The number of hydrogen-bond donors (Lipinski definition) is 1. The first-order chi connectivity index (χ1) is 10.1. The molecule has 2 heterocycles. The Labute approximate surface area is 124 Å². The Morgan fingerprint density at radius 1 is 1.19 bits per heavy atom. The Morgan fingerprint density at radius 2 is 2.00 bits per heavy atom. The third-order valence-corrected chi connectivity index (χ3v) is 5.10. The van der Waals surface area contributed by atoms with Crippen LogP contribution in [0, 0.1) is 5.41 Å². The summed E-state index contributed by atoms with van der Waals surface area (Å²) >= 11 is 0. The zero-order chi connectivity index (χ0) is 14.9. The van der Waals surface area contributed by atoms with Crippen molar-refractivity contribution in [2.45, 2.75) is 57.2 Å². The minimum absolute atomic E-state index is 0.00706. The summed E-state index contributed by atoms with van der Waals surface area (Å²) in [6, 6.07) is 0. The molecule has 3 rings (SSSR count). The van der Waals surface area contributed by atoms with Gasteiger partial charge in [0.1, 0.15) is 6.10 Å². The van der Waals surface area contributed by atoms with Crippen molar-refractivity contribution < 1.29 is 19.4 Å². The molecule has 3 aliphatic rings. The summed E-state index contributed by atoms with van der Waals surface area (Å²) in [4.78, 5) is 25.4. The van der Waals surface area contributed by atoms with Gasteiger partial charge in [0.15, 0.2) is 6.10 Å². The van der Waals surface area contributed by atoms with Crippen molar-refractivity contribution in [1.82, 2.24) is 4.90 Å². The van der Waals surface area contributed by atoms with Gasteiger partial charge in [-0.1, -0.05) is 12.2 Å². The van der Waals surface area contributed by atoms with Gasteiger partial charge in [0.05, 0.1) is 0 Å². The second-order valence-electron chi connectivity index (χ2n) is 6.61. The molecule has 0 bridgehead atoms. The minimum Gasteiger partial charge on any atom is -0.479 e. The maximum absolute atomic E-state index is 12.6. The number of ether oxygens (including phenoxy) is 1. The highest BCUT2D eigenvalue weighted by Gasteiger charge is 2.41. The van der Waals surface area contributed by atoms with Crippen LogP contribution in [0.15, 0.2) is 12.2 Å². The number of likely N-dealkylation sites (tertiary alicyclic amines) is 1. The van der Waals surface area contributed by atoms with E-state index in [-0.39, 0.29) is 11.3 Å². The van der Waals surface area contributed by atoms with E-state index in [1.807, 2.05) is 4.90 Å². The molecule has 3 atom stereocenters. The van der Waals surface area contributed by atoms with Crippen LogP contribution in [-0.4, -0.2) is 47.2 Å². The topological polar surface area (TPSA) is 66.8 Å². The van der Waals surface area contributed by atoms with E-state index in [1.165, 1.54) is 6.42 Å². The molecular weight excluding hydrogens is 270 g/mol. The molecule has 1 spiro atoms. The molecule has 5 heteroatoms. The number of carbonyl (C=O) groups is 2. The maximum Gasteiger partial charge on any atom is 0.332 e. The van der Waals surface area contributed by atoms with Gasteiger partial charge in [-0.2, -0.15) is 0 Å². The summed E-state index contributed by atoms with van der Waals surface area (Å²) < 4.78 is 5.41. The lowest BCUT2D eigenvalue weighted by Gasteiger charge is -2.44. The van der Waals surface area contributed by atoms with Crippen LogP contribution in [0.5, 0.6) is 0 Å². The molecule has 0 aromatic carbocycles. The number of carboxylic acids is 1. The normalized spacial score (nSPS) is 36.1. The van der Waals surface area contributed by atoms with Crippen molar-refractivity contribution in [3.63, 3.8) is 0 Å². The first kappa shape index (κ1) is 14.6. The first-order valence-corrected chi connectivity index (χ1v) is 7.92. The van der Waals surface area contributed by atoms with Crippen LogP contribution in [0.25, 0.3) is 0 Å². The van der Waals surface area contributed by atoms with E-state index in [4.69, 9.17) is 9.84 Å². The van der Waals surface area contributed by atoms with Crippen LogP contribution in [0.3, 0.4) is 0 Å². The summed E-state index contributed by atoms with van der Waals surface area (Å²) in [5.74, 6) is -0.967. The van der Waals surface area contributed by atoms with Gasteiger partial charge in [-0.3, -0.25) is 4.79 Å². The van der Waals surface area contributed by atoms with Gasteiger partial charge in [-0.15, -0.1) is 0 Å². The molecule has 21 heavy (non-hydrogen) atoms. The van der Waals surface area contributed by atoms with Crippen molar-refractivity contribution in [3.8, 4) is 0 Å². The number of allylic oxidation sites excluding steroid dienone is 2. The fraction of sp³-hybridized carbons (Fsp3) is 0.750. The molecule has 0 radical (unpaired) electrons. The molecule has 1 amide bonds. The smallest absolute Gasteiger partial charge is 0.332 e. The molecule has 0 aromatic rings. The van der Waals surface area contributed by atoms with E-state index in [2.05, 4.69) is 12.2 Å². The minimum atomic E-state index is -0.960. The largest absolute Gasteiger partial charge is 0.479 e. The standard InChI is InChI=1S/C16H23NO4/c18-14(12-5-6-13(21-12)15(19)20)17-10-4-9-16(11-17)7-2-1-3-8-16/h1-2,12-13H,3-11H2,(H,19,20)/t12-,13+,16?/m0/s1. The van der Waals surface area contributed by atoms with Gasteiger partial charge < -0.3 is 14.7 Å². The Hall–Kier alpha value is -1.36. The lowest BCUT2D eigenvalue weighted by Crippen LogP contribution is -2.49. The van der Waals surface area contributed by atoms with Crippen LogP contribution < -0.4 is 0 Å². The molecule has 0 saturated carbocycles. The fourth-order valence-electron chi connectivity index (χ4n) is 3.91. The van der Waals surface area contributed by atoms with Crippen LogP contribution >= 0.6 is 0 Å². The highest BCUT2D eigenvalue weighted by molar-refractivity contribution is 5.82. The van der Waals surface area contributed by atoms with E-state index < -0.39 is 18.2 Å². The SMILES string of the molecule is O=C(O)[C@H]1CC[C@@H](C(=O)N2CCCC3(CC=CCC3)C2)O1. The predicted octanol–water partition coefficient (Wildman–Crippen LogP) is 1.97. The van der Waals surface area contributed by atoms with Gasteiger partial charge in [0, 0.05) is 13.1 Å². The summed E-state index contributed by atoms with van der Waals surface area (Å²) in [6.07, 6.45) is 9.59. The monoisotopic (exact) mass is 293 g/mol. The number of piperidine rings is 1. The highest BCUT2D eigenvalue weighted by Crippen LogP contribution is 2.41. The lowest BCUT2D eigenvalue weighted by molar-refractivity contribution is -0.156. The Bertz CT molecular complexity index is 461. The van der Waals surface area contributed by atoms with Crippen LogP contribution in [0.1, 0.15) is 44.9 Å². The van der Waals surface area contributed by atoms with E-state index >= 15 is 0 Å². The van der Waals surface area contributed by atoms with Crippen LogP contribution in [0.4, 0.5) is 0 Å². The number of aliphatic carboxylic acids is 1. The Morgan fingerprint density at radius 3 is 2.67 bits per heavy atom. The average Bonchev–Trinajstić information content (AvgIpc) is 2.97. The molecule has 0 aromatic heterocycles. The first-order valence-electron chi connectivity index (χ1n) is 7.92. The van der Waals surface area contributed by atoms with Crippen molar-refractivity contribution in [3.05, 3.63) is 12.2 Å². The van der Waals surface area contributed by atoms with E-state index in [9.17, 15) is 9.59 Å². The van der Waals surface area contributed by atoms with E-state index in [0.29, 0.717) is 12.8 Å². The zero-order valence-corrected chi connectivity index (χ0v) is 12.3. The summed E-state index contributed by atoms with van der Waals surface area (Å²) in [7, 11) is 0. The predicted molar refractivity (Wildman–Crippen MR) is 76.8 cm³/mol. The van der Waals surface area contributed by atoms with Crippen molar-refractivity contribution in [2.24, 2.45) is 5.41 Å². The Kier molecular flexibility index (Phi) is 4.02. The van der Waals surface area contributed by atoms with Gasteiger partial charge >= 0.3 is 5.97 Å². The molecule has 2 fully saturated rings. The van der Waals surface area contributed by atoms with Crippen LogP contribution in [-0.2, 0) is 14.3 Å². The van der Waals surface area contributed by atoms with Crippen molar-refractivity contribution >= 4 is 11.9 Å². The van der Waals surface area contributed by atoms with Crippen molar-refractivity contribution in [1.29, 1.82) is 0 Å². The highest BCUT2D eigenvalue weighted by atomic mass is 16.5. The second kappa shape index (κ2) is 5.79. The molecule has 5 nitrogen and oxygen atoms in total. The van der Waals surface area contributed by atoms with Crippen LogP contribution in [0.2, 0.25) is 0 Å². The van der Waals surface area contributed by atoms with Gasteiger partial charge in [-0.25, -0.2) is 4.79 Å². The molecule has 1 N–H and O–H groups in total. The third-order valence-electron chi connectivity index (χ3n) is 5.10. The lowest BCUT2D eigenvalue weighted by atomic mass is 9.71. The number of carboxylic acid groups (broad SMARTS) is 1. The average molecular weight is 293 g/mol. The molecule has 2 saturated heterocycles. The van der Waals surface area contributed by atoms with Gasteiger partial charge in [0.2, 0.25) is 0 Å². The van der Waals surface area contributed by atoms with E-state index in [1.54, 1.807) is 0 Å². The fourth-order valence-corrected chi connectivity index (χ4v) is 3.91. The maximum atomic E-state index is 12.6. The number of carbonyl (C=O) groups excluding carboxylic acids is 1. The number of rotatable bonds is 2. The molecule has 2 aliphatic heterocycles. The molecule has 116 valence electrons. The number of nitrogens with zero attached hydrogens (tertiary/aromatic N) is 1. The third kappa shape index (κ3) is 2.98. The van der Waals surface area contributed by atoms with E-state index in [0.717, 1.165) is 38.8 Å². The number of amides is 1. The Balaban J connectivity index is 1.62. The molecule has 1 aliphatic carbocycles. The summed E-state index contributed by atoms with van der Waals surface area (Å²) in [5, 5.41) is 8.96. The molecular formula is C16H23NO4. The second-order valence-corrected chi connectivity index (χ2v) is 6.61. The summed E-state index contributed by atoms with van der Waals surface area (Å²) in [6.45, 7) is 1.58. The van der Waals surface area contributed by atoms with Gasteiger partial charge in [0.25, 0.3) is 5.91 Å². The zero-order valence-electron chi connectivity index (χ0n) is 12.3. The summed E-state index contributed by atoms with van der Waals surface area (Å²) in [5.41, 5.74) is 0.244. The quantitative estimate of drug-likeness (QED) is 0.790. The van der Waals surface area contributed by atoms with Crippen molar-refractivity contribution in [2.75, 3.05) is 13.1 Å². The number of hydrogen-bond acceptors (Lipinski definition) is 3. The molecule has 1 unspecified atom stereocenters. The van der Waals surface area contributed by atoms with Gasteiger partial charge in [-0.05, 0) is 50.4 Å².